The van der Waals surface area contributed by atoms with E-state index in [-0.39, 0.29) is 18.0 Å². The second-order valence-corrected chi connectivity index (χ2v) is 8.04. The number of ether oxygens (including phenoxy) is 1. The van der Waals surface area contributed by atoms with Crippen LogP contribution in [0.15, 0.2) is 48.5 Å². The number of urea groups is 1. The van der Waals surface area contributed by atoms with E-state index < -0.39 is 0 Å². The number of fused-ring (bicyclic) bond motifs is 2. The van der Waals surface area contributed by atoms with Crippen LogP contribution >= 0.6 is 11.3 Å². The molecule has 27 heavy (non-hydrogen) atoms. The normalized spacial score (nSPS) is 17.0. The number of rotatable bonds is 4. The van der Waals surface area contributed by atoms with Crippen LogP contribution in [0, 0.1) is 5.92 Å². The first-order chi connectivity index (χ1) is 13.1. The maximum atomic E-state index is 12.6. The van der Waals surface area contributed by atoms with Crippen LogP contribution in [0.25, 0.3) is 10.2 Å². The summed E-state index contributed by atoms with van der Waals surface area (Å²) in [6.07, 6.45) is 0.924. The Morgan fingerprint density at radius 2 is 2.07 bits per heavy atom. The molecule has 1 N–H and O–H groups in total. The van der Waals surface area contributed by atoms with Gasteiger partial charge >= 0.3 is 6.03 Å². The highest BCUT2D eigenvalue weighted by molar-refractivity contribution is 7.18. The molecule has 2 aromatic carbocycles. The molecule has 140 valence electrons. The summed E-state index contributed by atoms with van der Waals surface area (Å²) >= 11 is 1.64. The Morgan fingerprint density at radius 3 is 2.93 bits per heavy atom. The number of aromatic nitrogens is 1. The zero-order chi connectivity index (χ0) is 18.8. The Labute approximate surface area is 163 Å². The van der Waals surface area contributed by atoms with Crippen LogP contribution in [0.2, 0.25) is 0 Å². The van der Waals surface area contributed by atoms with E-state index in [2.05, 4.69) is 22.4 Å². The van der Waals surface area contributed by atoms with Crippen LogP contribution in [-0.4, -0.2) is 36.1 Å². The van der Waals surface area contributed by atoms with Gasteiger partial charge in [-0.2, -0.15) is 0 Å². The van der Waals surface area contributed by atoms with Gasteiger partial charge in [0.2, 0.25) is 0 Å². The third-order valence-electron chi connectivity index (χ3n) is 5.07. The molecule has 2 unspecified atom stereocenters. The molecular formula is C21H23N3O2S. The standard InChI is InChI=1S/C21H23N3O2S/c1-14(20-23-17-8-4-6-10-19(17)27-20)24(2)21(25)22-12-15-11-16-7-3-5-9-18(16)26-13-15/h3-10,14-15H,11-13H2,1-2H3,(H,22,25). The molecule has 1 aromatic heterocycles. The number of thiazole rings is 1. The molecule has 6 heteroatoms. The molecular weight excluding hydrogens is 358 g/mol. The Bertz CT molecular complexity index is 922. The Hall–Kier alpha value is -2.60. The lowest BCUT2D eigenvalue weighted by atomic mass is 9.97. The van der Waals surface area contributed by atoms with Crippen LogP contribution in [0.4, 0.5) is 4.79 Å². The van der Waals surface area contributed by atoms with Gasteiger partial charge in [-0.3, -0.25) is 0 Å². The lowest BCUT2D eigenvalue weighted by Gasteiger charge is -2.28. The van der Waals surface area contributed by atoms with Gasteiger partial charge in [-0.1, -0.05) is 30.3 Å². The van der Waals surface area contributed by atoms with E-state index in [0.29, 0.717) is 13.2 Å². The summed E-state index contributed by atoms with van der Waals surface area (Å²) in [5.41, 5.74) is 2.19. The molecule has 5 nitrogen and oxygen atoms in total. The molecule has 1 aliphatic heterocycles. The summed E-state index contributed by atoms with van der Waals surface area (Å²) in [4.78, 5) is 19.0. The fourth-order valence-corrected chi connectivity index (χ4v) is 4.35. The first kappa shape index (κ1) is 17.8. The quantitative estimate of drug-likeness (QED) is 0.735. The molecule has 2 heterocycles. The molecule has 0 radical (unpaired) electrons. The van der Waals surface area contributed by atoms with Crippen molar-refractivity contribution < 1.29 is 9.53 Å². The minimum Gasteiger partial charge on any atom is -0.493 e. The fraction of sp³-hybridized carbons (Fsp3) is 0.333. The Balaban J connectivity index is 1.35. The highest BCUT2D eigenvalue weighted by atomic mass is 32.1. The number of nitrogens with one attached hydrogen (secondary N) is 1. The number of benzene rings is 2. The number of nitrogens with zero attached hydrogens (tertiary/aromatic N) is 2. The van der Waals surface area contributed by atoms with Crippen molar-refractivity contribution in [2.45, 2.75) is 19.4 Å². The summed E-state index contributed by atoms with van der Waals surface area (Å²) < 4.78 is 6.95. The zero-order valence-electron chi connectivity index (χ0n) is 15.5. The predicted molar refractivity (Wildman–Crippen MR) is 108 cm³/mol. The van der Waals surface area contributed by atoms with Gasteiger partial charge in [-0.05, 0) is 37.1 Å². The van der Waals surface area contributed by atoms with Crippen molar-refractivity contribution >= 4 is 27.6 Å². The molecule has 4 rings (SSSR count). The van der Waals surface area contributed by atoms with Gasteiger partial charge in [-0.15, -0.1) is 11.3 Å². The van der Waals surface area contributed by atoms with Crippen molar-refractivity contribution in [2.24, 2.45) is 5.92 Å². The molecule has 0 spiro atoms. The molecule has 0 saturated carbocycles. The molecule has 0 saturated heterocycles. The first-order valence-corrected chi connectivity index (χ1v) is 10.0. The molecule has 0 bridgehead atoms. The van der Waals surface area contributed by atoms with E-state index in [0.717, 1.165) is 27.4 Å². The molecule has 2 atom stereocenters. The maximum Gasteiger partial charge on any atom is 0.317 e. The molecule has 1 aliphatic rings. The van der Waals surface area contributed by atoms with Crippen LogP contribution in [0.3, 0.4) is 0 Å². The minimum atomic E-state index is -0.0828. The van der Waals surface area contributed by atoms with Crippen LogP contribution in [0.5, 0.6) is 5.75 Å². The molecule has 0 aliphatic carbocycles. The molecule has 2 amide bonds. The summed E-state index contributed by atoms with van der Waals surface area (Å²) in [7, 11) is 1.82. The van der Waals surface area contributed by atoms with E-state index >= 15 is 0 Å². The number of amides is 2. The fourth-order valence-electron chi connectivity index (χ4n) is 3.29. The number of carbonyl (C=O) groups is 1. The van der Waals surface area contributed by atoms with E-state index in [1.54, 1.807) is 16.2 Å². The van der Waals surface area contributed by atoms with Crippen LogP contribution < -0.4 is 10.1 Å². The topological polar surface area (TPSA) is 54.5 Å². The van der Waals surface area contributed by atoms with Gasteiger partial charge in [0.15, 0.2) is 0 Å². The summed E-state index contributed by atoms with van der Waals surface area (Å²) in [5.74, 6) is 1.25. The van der Waals surface area contributed by atoms with Crippen molar-refractivity contribution in [1.82, 2.24) is 15.2 Å². The maximum absolute atomic E-state index is 12.6. The van der Waals surface area contributed by atoms with Crippen molar-refractivity contribution in [3.05, 3.63) is 59.1 Å². The Kier molecular flexibility index (Phi) is 4.99. The van der Waals surface area contributed by atoms with Gasteiger partial charge in [0, 0.05) is 19.5 Å². The van der Waals surface area contributed by atoms with Gasteiger partial charge in [0.05, 0.1) is 22.9 Å². The summed E-state index contributed by atoms with van der Waals surface area (Å²) in [6, 6.07) is 16.0. The SMILES string of the molecule is CC(c1nc2ccccc2s1)N(C)C(=O)NCC1COc2ccccc2C1. The summed E-state index contributed by atoms with van der Waals surface area (Å²) in [5, 5.41) is 4.00. The first-order valence-electron chi connectivity index (χ1n) is 9.18. The lowest BCUT2D eigenvalue weighted by molar-refractivity contribution is 0.183. The minimum absolute atomic E-state index is 0.0780. The highest BCUT2D eigenvalue weighted by Crippen LogP contribution is 2.29. The number of hydrogen-bond acceptors (Lipinski definition) is 4. The van der Waals surface area contributed by atoms with Gasteiger partial charge in [0.1, 0.15) is 10.8 Å². The average Bonchev–Trinajstić information content (AvgIpc) is 3.15. The van der Waals surface area contributed by atoms with Crippen molar-refractivity contribution in [3.63, 3.8) is 0 Å². The number of carbonyl (C=O) groups excluding carboxylic acids is 1. The third-order valence-corrected chi connectivity index (χ3v) is 6.27. The molecule has 0 fully saturated rings. The number of hydrogen-bond donors (Lipinski definition) is 1. The van der Waals surface area contributed by atoms with Gasteiger partial charge in [-0.25, -0.2) is 9.78 Å². The lowest BCUT2D eigenvalue weighted by Crippen LogP contribution is -2.42. The largest absolute Gasteiger partial charge is 0.493 e. The Morgan fingerprint density at radius 1 is 1.30 bits per heavy atom. The second-order valence-electron chi connectivity index (χ2n) is 6.98. The van der Waals surface area contributed by atoms with Gasteiger partial charge < -0.3 is 15.0 Å². The second kappa shape index (κ2) is 7.56. The number of para-hydroxylation sites is 2. The monoisotopic (exact) mass is 381 g/mol. The van der Waals surface area contributed by atoms with Crippen molar-refractivity contribution in [2.75, 3.05) is 20.2 Å². The molecule has 3 aromatic rings. The van der Waals surface area contributed by atoms with Crippen molar-refractivity contribution in [1.29, 1.82) is 0 Å². The summed E-state index contributed by atoms with van der Waals surface area (Å²) in [6.45, 7) is 3.25. The predicted octanol–water partition coefficient (Wildman–Crippen LogP) is 4.25. The third kappa shape index (κ3) is 3.76. The van der Waals surface area contributed by atoms with Crippen molar-refractivity contribution in [3.8, 4) is 5.75 Å². The van der Waals surface area contributed by atoms with E-state index in [9.17, 15) is 4.79 Å². The van der Waals surface area contributed by atoms with E-state index in [1.807, 2.05) is 50.4 Å². The van der Waals surface area contributed by atoms with E-state index in [1.165, 1.54) is 5.56 Å². The smallest absolute Gasteiger partial charge is 0.317 e. The highest BCUT2D eigenvalue weighted by Gasteiger charge is 2.23. The van der Waals surface area contributed by atoms with Gasteiger partial charge in [0.25, 0.3) is 0 Å². The average molecular weight is 382 g/mol. The van der Waals surface area contributed by atoms with E-state index in [4.69, 9.17) is 4.74 Å². The van der Waals surface area contributed by atoms with Crippen LogP contribution in [0.1, 0.15) is 23.5 Å². The van der Waals surface area contributed by atoms with Crippen LogP contribution in [-0.2, 0) is 6.42 Å². The zero-order valence-corrected chi connectivity index (χ0v) is 16.3.